The maximum Gasteiger partial charge on any atom is 0.222 e. The molecule has 1 rings (SSSR count). The Balaban J connectivity index is 2.51. The molecule has 3 N–H and O–H groups in total. The van der Waals surface area contributed by atoms with Gasteiger partial charge in [0.05, 0.1) is 17.4 Å². The Kier molecular flexibility index (Phi) is 3.64. The molecule has 0 aromatic carbocycles. The number of carbonyl (C=O) groups excluding carboxylic acids is 1. The van der Waals surface area contributed by atoms with Crippen LogP contribution in [0.1, 0.15) is 13.3 Å². The number of primary amides is 1. The first-order valence-corrected chi connectivity index (χ1v) is 4.48. The monoisotopic (exact) mass is 214 g/mol. The molecular formula is C8H11ClN4O. The average Bonchev–Trinajstić information content (AvgIpc) is 2.07. The molecule has 1 unspecified atom stereocenters. The van der Waals surface area contributed by atoms with Gasteiger partial charge in [-0.3, -0.25) is 4.79 Å². The Hall–Kier alpha value is -1.36. The number of carbonyl (C=O) groups is 1. The molecule has 0 saturated carbocycles. The van der Waals surface area contributed by atoms with Crippen LogP contribution in [0.3, 0.4) is 0 Å². The molecular weight excluding hydrogens is 204 g/mol. The van der Waals surface area contributed by atoms with Crippen LogP contribution in [0, 0.1) is 0 Å². The molecule has 0 saturated heterocycles. The lowest BCUT2D eigenvalue weighted by atomic mass is 10.2. The van der Waals surface area contributed by atoms with Crippen molar-refractivity contribution in [3.8, 4) is 0 Å². The topological polar surface area (TPSA) is 80.9 Å². The Bertz CT molecular complexity index is 314. The largest absolute Gasteiger partial charge is 0.370 e. The zero-order valence-corrected chi connectivity index (χ0v) is 8.45. The molecule has 0 fully saturated rings. The van der Waals surface area contributed by atoms with Crippen LogP contribution in [0.15, 0.2) is 12.4 Å². The zero-order valence-electron chi connectivity index (χ0n) is 7.70. The number of hydrogen-bond acceptors (Lipinski definition) is 4. The average molecular weight is 215 g/mol. The molecule has 6 heteroatoms. The SMILES string of the molecule is CC(CC(N)=O)Nc1ncc(Cl)cn1. The third-order valence-corrected chi connectivity index (χ3v) is 1.70. The van der Waals surface area contributed by atoms with E-state index in [1.807, 2.05) is 6.92 Å². The van der Waals surface area contributed by atoms with Crippen LogP contribution < -0.4 is 11.1 Å². The first-order valence-electron chi connectivity index (χ1n) is 4.10. The molecule has 0 aliphatic heterocycles. The van der Waals surface area contributed by atoms with Gasteiger partial charge >= 0.3 is 0 Å². The fraction of sp³-hybridized carbons (Fsp3) is 0.375. The molecule has 0 aliphatic carbocycles. The van der Waals surface area contributed by atoms with E-state index in [1.54, 1.807) is 0 Å². The summed E-state index contributed by atoms with van der Waals surface area (Å²) in [5.41, 5.74) is 5.03. The summed E-state index contributed by atoms with van der Waals surface area (Å²) in [6.45, 7) is 1.82. The highest BCUT2D eigenvalue weighted by atomic mass is 35.5. The van der Waals surface area contributed by atoms with E-state index in [4.69, 9.17) is 17.3 Å². The van der Waals surface area contributed by atoms with Crippen LogP contribution in [0.2, 0.25) is 5.02 Å². The molecule has 0 aliphatic rings. The molecule has 5 nitrogen and oxygen atoms in total. The lowest BCUT2D eigenvalue weighted by molar-refractivity contribution is -0.118. The number of aromatic nitrogens is 2. The maximum atomic E-state index is 10.6. The van der Waals surface area contributed by atoms with Gasteiger partial charge in [-0.05, 0) is 6.92 Å². The fourth-order valence-corrected chi connectivity index (χ4v) is 1.06. The van der Waals surface area contributed by atoms with Gasteiger partial charge in [0.15, 0.2) is 0 Å². The van der Waals surface area contributed by atoms with E-state index in [1.165, 1.54) is 12.4 Å². The highest BCUT2D eigenvalue weighted by molar-refractivity contribution is 6.30. The van der Waals surface area contributed by atoms with E-state index in [9.17, 15) is 4.79 Å². The van der Waals surface area contributed by atoms with E-state index >= 15 is 0 Å². The highest BCUT2D eigenvalue weighted by Gasteiger charge is 2.06. The van der Waals surface area contributed by atoms with Crippen LogP contribution in [-0.2, 0) is 4.79 Å². The van der Waals surface area contributed by atoms with Crippen molar-refractivity contribution in [1.82, 2.24) is 9.97 Å². The Morgan fingerprint density at radius 2 is 2.21 bits per heavy atom. The van der Waals surface area contributed by atoms with Crippen LogP contribution >= 0.6 is 11.6 Å². The quantitative estimate of drug-likeness (QED) is 0.777. The lowest BCUT2D eigenvalue weighted by Crippen LogP contribution is -2.24. The number of nitrogens with zero attached hydrogens (tertiary/aromatic N) is 2. The van der Waals surface area contributed by atoms with Gasteiger partial charge in [0.25, 0.3) is 0 Å². The third kappa shape index (κ3) is 3.57. The summed E-state index contributed by atoms with van der Waals surface area (Å²) >= 11 is 5.61. The molecule has 76 valence electrons. The minimum absolute atomic E-state index is 0.0892. The number of halogens is 1. The second kappa shape index (κ2) is 4.76. The summed E-state index contributed by atoms with van der Waals surface area (Å²) in [7, 11) is 0. The van der Waals surface area contributed by atoms with Crippen LogP contribution in [0.5, 0.6) is 0 Å². The molecule has 1 heterocycles. The molecule has 14 heavy (non-hydrogen) atoms. The summed E-state index contributed by atoms with van der Waals surface area (Å²) in [5.74, 6) is 0.0714. The van der Waals surface area contributed by atoms with Gasteiger partial charge in [-0.1, -0.05) is 11.6 Å². The Labute approximate surface area is 86.7 Å². The Morgan fingerprint density at radius 1 is 1.64 bits per heavy atom. The summed E-state index contributed by atoms with van der Waals surface area (Å²) in [6, 6.07) is -0.0892. The summed E-state index contributed by atoms with van der Waals surface area (Å²) < 4.78 is 0. The smallest absolute Gasteiger partial charge is 0.222 e. The molecule has 1 amide bonds. The normalized spacial score (nSPS) is 12.1. The van der Waals surface area contributed by atoms with E-state index in [2.05, 4.69) is 15.3 Å². The number of amides is 1. The maximum absolute atomic E-state index is 10.6. The number of nitrogens with one attached hydrogen (secondary N) is 1. The number of hydrogen-bond donors (Lipinski definition) is 2. The van der Waals surface area contributed by atoms with Crippen molar-refractivity contribution < 1.29 is 4.79 Å². The van der Waals surface area contributed by atoms with E-state index in [0.29, 0.717) is 11.0 Å². The van der Waals surface area contributed by atoms with Crippen LogP contribution in [0.4, 0.5) is 5.95 Å². The van der Waals surface area contributed by atoms with Crippen LogP contribution in [-0.4, -0.2) is 21.9 Å². The number of rotatable bonds is 4. The van der Waals surface area contributed by atoms with E-state index in [0.717, 1.165) is 0 Å². The van der Waals surface area contributed by atoms with Gasteiger partial charge < -0.3 is 11.1 Å². The van der Waals surface area contributed by atoms with Gasteiger partial charge in [-0.2, -0.15) is 0 Å². The van der Waals surface area contributed by atoms with Crippen molar-refractivity contribution in [1.29, 1.82) is 0 Å². The predicted octanol–water partition coefficient (Wildman–Crippen LogP) is 0.806. The second-order valence-electron chi connectivity index (χ2n) is 2.94. The van der Waals surface area contributed by atoms with Gasteiger partial charge in [-0.25, -0.2) is 9.97 Å². The summed E-state index contributed by atoms with van der Waals surface area (Å²) in [6.07, 6.45) is 3.20. The summed E-state index contributed by atoms with van der Waals surface area (Å²) in [4.78, 5) is 18.4. The van der Waals surface area contributed by atoms with Crippen molar-refractivity contribution in [3.05, 3.63) is 17.4 Å². The third-order valence-electron chi connectivity index (χ3n) is 1.50. The van der Waals surface area contributed by atoms with Gasteiger partial charge in [0.2, 0.25) is 11.9 Å². The molecule has 1 atom stereocenters. The van der Waals surface area contributed by atoms with E-state index in [-0.39, 0.29) is 18.4 Å². The van der Waals surface area contributed by atoms with Crippen LogP contribution in [0.25, 0.3) is 0 Å². The predicted molar refractivity (Wildman–Crippen MR) is 53.9 cm³/mol. The number of nitrogens with two attached hydrogens (primary N) is 1. The van der Waals surface area contributed by atoms with Crippen molar-refractivity contribution in [3.63, 3.8) is 0 Å². The first-order chi connectivity index (χ1) is 6.58. The standard InChI is InChI=1S/C8H11ClN4O/c1-5(2-7(10)14)13-8-11-3-6(9)4-12-8/h3-5H,2H2,1H3,(H2,10,14)(H,11,12,13). The highest BCUT2D eigenvalue weighted by Crippen LogP contribution is 2.07. The summed E-state index contributed by atoms with van der Waals surface area (Å²) in [5, 5.41) is 3.39. The first kappa shape index (κ1) is 10.7. The van der Waals surface area contributed by atoms with Crippen molar-refractivity contribution in [2.75, 3.05) is 5.32 Å². The van der Waals surface area contributed by atoms with E-state index < -0.39 is 0 Å². The molecule has 1 aromatic rings. The zero-order chi connectivity index (χ0) is 10.6. The number of anilines is 1. The Morgan fingerprint density at radius 3 is 2.71 bits per heavy atom. The van der Waals surface area contributed by atoms with Crippen molar-refractivity contribution >= 4 is 23.5 Å². The second-order valence-corrected chi connectivity index (χ2v) is 3.38. The fourth-order valence-electron chi connectivity index (χ4n) is 0.960. The minimum atomic E-state index is -0.362. The molecule has 1 aromatic heterocycles. The van der Waals surface area contributed by atoms with Gasteiger partial charge in [-0.15, -0.1) is 0 Å². The lowest BCUT2D eigenvalue weighted by Gasteiger charge is -2.10. The van der Waals surface area contributed by atoms with Gasteiger partial charge in [0.1, 0.15) is 0 Å². The van der Waals surface area contributed by atoms with Crippen molar-refractivity contribution in [2.45, 2.75) is 19.4 Å². The molecule has 0 radical (unpaired) electrons. The molecule has 0 bridgehead atoms. The van der Waals surface area contributed by atoms with Gasteiger partial charge in [0, 0.05) is 12.5 Å². The van der Waals surface area contributed by atoms with Crippen molar-refractivity contribution in [2.24, 2.45) is 5.73 Å². The minimum Gasteiger partial charge on any atom is -0.370 e. The molecule has 0 spiro atoms.